The summed E-state index contributed by atoms with van der Waals surface area (Å²) in [5.74, 6) is 0. The third-order valence-electron chi connectivity index (χ3n) is 3.32. The molecule has 1 heteroatoms. The molecule has 0 atom stereocenters. The average Bonchev–Trinajstić information content (AvgIpc) is 2.30. The number of hydrogen-bond donors (Lipinski definition) is 0. The van der Waals surface area contributed by atoms with Crippen LogP contribution in [0.2, 0.25) is 0 Å². The first-order chi connectivity index (χ1) is 8.40. The smallest absolute Gasteiger partial charge is 0 e. The van der Waals surface area contributed by atoms with Gasteiger partial charge >= 0.3 is 0 Å². The van der Waals surface area contributed by atoms with Crippen LogP contribution in [0.5, 0.6) is 0 Å². The third-order valence-corrected chi connectivity index (χ3v) is 3.32. The number of benzene rings is 2. The van der Waals surface area contributed by atoms with E-state index in [-0.39, 0.29) is 16.5 Å². The Morgan fingerprint density at radius 3 is 1.00 bits per heavy atom. The quantitative estimate of drug-likeness (QED) is 0.585. The summed E-state index contributed by atoms with van der Waals surface area (Å²) in [4.78, 5) is 0. The van der Waals surface area contributed by atoms with E-state index in [1.807, 2.05) is 0 Å². The number of hydrogen-bond acceptors (Lipinski definition) is 0. The molecule has 106 valence electrons. The van der Waals surface area contributed by atoms with Crippen LogP contribution in [-0.2, 0) is 16.5 Å². The Labute approximate surface area is 128 Å². The molecule has 0 bridgehead atoms. The summed E-state index contributed by atoms with van der Waals surface area (Å²) in [5.41, 5.74) is 8.21. The van der Waals surface area contributed by atoms with Crippen LogP contribution < -0.4 is 0 Å². The minimum Gasteiger partial charge on any atom is -0.0590 e. The molecule has 0 saturated carbocycles. The van der Waals surface area contributed by atoms with E-state index >= 15 is 0 Å². The van der Waals surface area contributed by atoms with Crippen molar-refractivity contribution in [3.05, 3.63) is 69.8 Å². The van der Waals surface area contributed by atoms with Crippen molar-refractivity contribution in [2.24, 2.45) is 0 Å². The maximum Gasteiger partial charge on any atom is 0 e. The molecule has 0 heterocycles. The molecular weight excluding hydrogens is 275 g/mol. The van der Waals surface area contributed by atoms with E-state index in [0.29, 0.717) is 0 Å². The van der Waals surface area contributed by atoms with E-state index in [2.05, 4.69) is 77.9 Å². The van der Waals surface area contributed by atoms with E-state index in [9.17, 15) is 0 Å². The fourth-order valence-corrected chi connectivity index (χ4v) is 1.78. The van der Waals surface area contributed by atoms with Crippen molar-refractivity contribution in [2.75, 3.05) is 0 Å². The van der Waals surface area contributed by atoms with Gasteiger partial charge in [0.1, 0.15) is 0 Å². The molecule has 0 aliphatic rings. The van der Waals surface area contributed by atoms with E-state index in [1.54, 1.807) is 0 Å². The van der Waals surface area contributed by atoms with Gasteiger partial charge in [-0.3, -0.25) is 0 Å². The molecule has 0 aliphatic heterocycles. The van der Waals surface area contributed by atoms with Crippen molar-refractivity contribution in [1.82, 2.24) is 0 Å². The van der Waals surface area contributed by atoms with Crippen molar-refractivity contribution in [3.63, 3.8) is 0 Å². The van der Waals surface area contributed by atoms with Crippen molar-refractivity contribution in [2.45, 2.75) is 41.5 Å². The van der Waals surface area contributed by atoms with Crippen molar-refractivity contribution >= 4 is 0 Å². The number of rotatable bonds is 0. The number of aryl methyl sites for hydroxylation is 6. The van der Waals surface area contributed by atoms with Gasteiger partial charge in [0.25, 0.3) is 0 Å². The fraction of sp³-hybridized carbons (Fsp3) is 0.333. The summed E-state index contributed by atoms with van der Waals surface area (Å²) in [6, 6.07) is 13.0. The molecule has 0 N–H and O–H groups in total. The molecule has 0 unspecified atom stereocenters. The first-order valence-corrected chi connectivity index (χ1v) is 6.48. The second-order valence-electron chi connectivity index (χ2n) is 5.18. The largest absolute Gasteiger partial charge is 0.0590 e. The van der Waals surface area contributed by atoms with Crippen LogP contribution in [0, 0.1) is 41.5 Å². The molecule has 2 aromatic carbocycles. The predicted molar refractivity (Wildman–Crippen MR) is 81.3 cm³/mol. The van der Waals surface area contributed by atoms with Gasteiger partial charge in [-0.2, -0.15) is 0 Å². The SMILES string of the molecule is Cc1ccc(C)c(C)c1.Cc1ccc(C)c(C)c1.[Ni]. The Bertz CT molecular complexity index is 478. The van der Waals surface area contributed by atoms with Gasteiger partial charge in [-0.15, -0.1) is 0 Å². The molecule has 19 heavy (non-hydrogen) atoms. The molecule has 0 radical (unpaired) electrons. The first-order valence-electron chi connectivity index (χ1n) is 6.48. The monoisotopic (exact) mass is 298 g/mol. The molecular formula is C18H24Ni. The summed E-state index contributed by atoms with van der Waals surface area (Å²) >= 11 is 0. The zero-order valence-electron chi connectivity index (χ0n) is 12.8. The summed E-state index contributed by atoms with van der Waals surface area (Å²) in [6.07, 6.45) is 0. The predicted octanol–water partition coefficient (Wildman–Crippen LogP) is 5.22. The van der Waals surface area contributed by atoms with Crippen LogP contribution in [0.25, 0.3) is 0 Å². The molecule has 0 aliphatic carbocycles. The standard InChI is InChI=1S/2C9H12.Ni/c2*1-7-4-5-8(2)9(3)6-7;/h2*4-6H,1-3H3;. The van der Waals surface area contributed by atoms with E-state index in [0.717, 1.165) is 0 Å². The average molecular weight is 299 g/mol. The van der Waals surface area contributed by atoms with Gasteiger partial charge in [-0.1, -0.05) is 47.5 Å². The molecule has 0 fully saturated rings. The van der Waals surface area contributed by atoms with Crippen LogP contribution in [0.15, 0.2) is 36.4 Å². The second-order valence-corrected chi connectivity index (χ2v) is 5.18. The molecule has 0 nitrogen and oxygen atoms in total. The van der Waals surface area contributed by atoms with Crippen molar-refractivity contribution in [3.8, 4) is 0 Å². The molecule has 2 aromatic rings. The van der Waals surface area contributed by atoms with E-state index in [4.69, 9.17) is 0 Å². The molecule has 0 amide bonds. The van der Waals surface area contributed by atoms with Crippen molar-refractivity contribution < 1.29 is 16.5 Å². The van der Waals surface area contributed by atoms with Crippen LogP contribution in [0.1, 0.15) is 33.4 Å². The zero-order valence-corrected chi connectivity index (χ0v) is 13.8. The Hall–Kier alpha value is -1.07. The zero-order chi connectivity index (χ0) is 13.7. The summed E-state index contributed by atoms with van der Waals surface area (Å²) in [6.45, 7) is 12.8. The van der Waals surface area contributed by atoms with Crippen molar-refractivity contribution in [1.29, 1.82) is 0 Å². The van der Waals surface area contributed by atoms with Gasteiger partial charge in [0.15, 0.2) is 0 Å². The fourth-order valence-electron chi connectivity index (χ4n) is 1.78. The summed E-state index contributed by atoms with van der Waals surface area (Å²) in [5, 5.41) is 0. The Balaban J connectivity index is 0.000000324. The normalized spacial score (nSPS) is 9.16. The molecule has 0 aromatic heterocycles. The minimum atomic E-state index is 0. The second kappa shape index (κ2) is 8.17. The maximum absolute atomic E-state index is 2.20. The summed E-state index contributed by atoms with van der Waals surface area (Å²) < 4.78 is 0. The maximum atomic E-state index is 2.20. The van der Waals surface area contributed by atoms with Gasteiger partial charge in [-0.25, -0.2) is 0 Å². The molecule has 0 spiro atoms. The van der Waals surface area contributed by atoms with Crippen LogP contribution in [0.4, 0.5) is 0 Å². The van der Waals surface area contributed by atoms with Gasteiger partial charge in [0.05, 0.1) is 0 Å². The molecule has 0 saturated heterocycles. The van der Waals surface area contributed by atoms with Crippen LogP contribution in [-0.4, -0.2) is 0 Å². The van der Waals surface area contributed by atoms with Crippen LogP contribution >= 0.6 is 0 Å². The Morgan fingerprint density at radius 1 is 0.474 bits per heavy atom. The third kappa shape index (κ3) is 6.07. The van der Waals surface area contributed by atoms with Gasteiger partial charge in [-0.05, 0) is 63.8 Å². The molecule has 2 rings (SSSR count). The van der Waals surface area contributed by atoms with E-state index in [1.165, 1.54) is 33.4 Å². The van der Waals surface area contributed by atoms with Gasteiger partial charge in [0.2, 0.25) is 0 Å². The summed E-state index contributed by atoms with van der Waals surface area (Å²) in [7, 11) is 0. The van der Waals surface area contributed by atoms with Crippen LogP contribution in [0.3, 0.4) is 0 Å². The minimum absolute atomic E-state index is 0. The first kappa shape index (κ1) is 17.9. The Kier molecular flexibility index (Phi) is 7.72. The van der Waals surface area contributed by atoms with Gasteiger partial charge < -0.3 is 0 Å². The van der Waals surface area contributed by atoms with E-state index < -0.39 is 0 Å². The topological polar surface area (TPSA) is 0 Å². The van der Waals surface area contributed by atoms with Gasteiger partial charge in [0, 0.05) is 16.5 Å². The Morgan fingerprint density at radius 2 is 0.789 bits per heavy atom.